The summed E-state index contributed by atoms with van der Waals surface area (Å²) >= 11 is 0. The predicted octanol–water partition coefficient (Wildman–Crippen LogP) is 3.34. The van der Waals surface area contributed by atoms with Crippen molar-refractivity contribution in [1.29, 1.82) is 0 Å². The van der Waals surface area contributed by atoms with Crippen molar-refractivity contribution in [3.05, 3.63) is 23.8 Å². The Morgan fingerprint density at radius 2 is 1.92 bits per heavy atom. The van der Waals surface area contributed by atoms with Gasteiger partial charge in [0.05, 0.1) is 14.2 Å². The Kier molecular flexibility index (Phi) is 6.76. The molecule has 2 N–H and O–H groups in total. The van der Waals surface area contributed by atoms with Crippen molar-refractivity contribution in [3.8, 4) is 11.5 Å². The first-order valence-electron chi connectivity index (χ1n) is 8.82. The molecule has 1 saturated carbocycles. The molecule has 134 valence electrons. The lowest BCUT2D eigenvalue weighted by Gasteiger charge is -2.28. The Morgan fingerprint density at radius 1 is 1.17 bits per heavy atom. The normalized spacial score (nSPS) is 16.8. The third-order valence-corrected chi connectivity index (χ3v) is 5.20. The largest absolute Gasteiger partial charge is 0.493 e. The molecule has 5 nitrogen and oxygen atoms in total. The minimum atomic E-state index is 0.436. The maximum Gasteiger partial charge on any atom is 0.191 e. The van der Waals surface area contributed by atoms with Crippen LogP contribution in [0.25, 0.3) is 0 Å². The summed E-state index contributed by atoms with van der Waals surface area (Å²) in [6.45, 7) is 3.92. The van der Waals surface area contributed by atoms with E-state index in [9.17, 15) is 0 Å². The highest BCUT2D eigenvalue weighted by molar-refractivity contribution is 5.79. The monoisotopic (exact) mass is 333 g/mol. The summed E-state index contributed by atoms with van der Waals surface area (Å²) in [7, 11) is 5.13. The number of para-hydroxylation sites is 1. The molecule has 0 aliphatic heterocycles. The van der Waals surface area contributed by atoms with Gasteiger partial charge in [0, 0.05) is 25.7 Å². The molecule has 0 radical (unpaired) electrons. The van der Waals surface area contributed by atoms with Crippen LogP contribution in [0.4, 0.5) is 0 Å². The van der Waals surface area contributed by atoms with E-state index >= 15 is 0 Å². The zero-order chi connectivity index (χ0) is 17.4. The molecular formula is C19H31N3O2. The van der Waals surface area contributed by atoms with Gasteiger partial charge >= 0.3 is 0 Å². The van der Waals surface area contributed by atoms with Gasteiger partial charge in [-0.2, -0.15) is 0 Å². The Labute approximate surface area is 145 Å². The highest BCUT2D eigenvalue weighted by Crippen LogP contribution is 2.40. The highest BCUT2D eigenvalue weighted by Gasteiger charge is 2.31. The first-order valence-corrected chi connectivity index (χ1v) is 8.82. The van der Waals surface area contributed by atoms with Crippen molar-refractivity contribution in [3.63, 3.8) is 0 Å². The molecule has 0 spiro atoms. The summed E-state index contributed by atoms with van der Waals surface area (Å²) in [5, 5.41) is 6.89. The third kappa shape index (κ3) is 4.34. The molecule has 0 bridgehead atoms. The first kappa shape index (κ1) is 18.4. The molecule has 0 saturated heterocycles. The molecule has 1 aliphatic carbocycles. The molecule has 0 unspecified atom stereocenters. The molecule has 1 aliphatic rings. The van der Waals surface area contributed by atoms with Crippen LogP contribution in [0.5, 0.6) is 11.5 Å². The molecule has 5 heteroatoms. The molecule has 1 fully saturated rings. The zero-order valence-electron chi connectivity index (χ0n) is 15.4. The number of rotatable bonds is 7. The molecule has 0 heterocycles. The molecule has 2 rings (SSSR count). The standard InChI is InChI=1S/C19H31N3O2/c1-5-19(11-6-7-12-19)14-22-18(20-2)21-13-15-9-8-10-16(23-3)17(15)24-4/h8-10H,5-7,11-14H2,1-4H3,(H2,20,21,22). The predicted molar refractivity (Wildman–Crippen MR) is 98.9 cm³/mol. The van der Waals surface area contributed by atoms with E-state index in [-0.39, 0.29) is 0 Å². The molecule has 1 aromatic carbocycles. The van der Waals surface area contributed by atoms with Crippen molar-refractivity contribution < 1.29 is 9.47 Å². The number of hydrogen-bond acceptors (Lipinski definition) is 3. The summed E-state index contributed by atoms with van der Waals surface area (Å²) in [6, 6.07) is 5.91. The van der Waals surface area contributed by atoms with Crippen molar-refractivity contribution in [1.82, 2.24) is 10.6 Å². The van der Waals surface area contributed by atoms with Gasteiger partial charge in [-0.05, 0) is 30.7 Å². The Balaban J connectivity index is 1.95. The van der Waals surface area contributed by atoms with E-state index in [0.29, 0.717) is 12.0 Å². The smallest absolute Gasteiger partial charge is 0.191 e. The van der Waals surface area contributed by atoms with E-state index in [1.54, 1.807) is 14.2 Å². The quantitative estimate of drug-likeness (QED) is 0.593. The fourth-order valence-corrected chi connectivity index (χ4v) is 3.54. The van der Waals surface area contributed by atoms with Crippen molar-refractivity contribution >= 4 is 5.96 Å². The van der Waals surface area contributed by atoms with Crippen LogP contribution in [0.1, 0.15) is 44.6 Å². The maximum absolute atomic E-state index is 5.48. The van der Waals surface area contributed by atoms with Gasteiger partial charge in [-0.3, -0.25) is 4.99 Å². The van der Waals surface area contributed by atoms with Gasteiger partial charge in [-0.25, -0.2) is 0 Å². The lowest BCUT2D eigenvalue weighted by molar-refractivity contribution is 0.283. The zero-order valence-corrected chi connectivity index (χ0v) is 15.4. The van der Waals surface area contributed by atoms with E-state index in [2.05, 4.69) is 22.5 Å². The number of benzene rings is 1. The average Bonchev–Trinajstić information content (AvgIpc) is 3.10. The number of nitrogens with zero attached hydrogens (tertiary/aromatic N) is 1. The van der Waals surface area contributed by atoms with Crippen LogP contribution in [0.2, 0.25) is 0 Å². The number of aliphatic imine (C=N–C) groups is 1. The number of hydrogen-bond donors (Lipinski definition) is 2. The fraction of sp³-hybridized carbons (Fsp3) is 0.632. The minimum absolute atomic E-state index is 0.436. The highest BCUT2D eigenvalue weighted by atomic mass is 16.5. The van der Waals surface area contributed by atoms with Crippen LogP contribution < -0.4 is 20.1 Å². The van der Waals surface area contributed by atoms with Gasteiger partial charge in [0.25, 0.3) is 0 Å². The molecule has 24 heavy (non-hydrogen) atoms. The van der Waals surface area contributed by atoms with Crippen LogP contribution in [-0.4, -0.2) is 33.8 Å². The van der Waals surface area contributed by atoms with E-state index in [0.717, 1.165) is 29.6 Å². The van der Waals surface area contributed by atoms with Crippen LogP contribution in [0.3, 0.4) is 0 Å². The van der Waals surface area contributed by atoms with E-state index in [1.807, 2.05) is 25.2 Å². The Morgan fingerprint density at radius 3 is 2.50 bits per heavy atom. The SMILES string of the molecule is CCC1(CNC(=NC)NCc2cccc(OC)c2OC)CCCC1. The molecular weight excluding hydrogens is 302 g/mol. The van der Waals surface area contributed by atoms with E-state index in [4.69, 9.17) is 9.47 Å². The van der Waals surface area contributed by atoms with Gasteiger partial charge < -0.3 is 20.1 Å². The lowest BCUT2D eigenvalue weighted by atomic mass is 9.83. The summed E-state index contributed by atoms with van der Waals surface area (Å²) < 4.78 is 10.8. The number of nitrogens with one attached hydrogen (secondary N) is 2. The van der Waals surface area contributed by atoms with Crippen LogP contribution in [-0.2, 0) is 6.54 Å². The first-order chi connectivity index (χ1) is 11.7. The fourth-order valence-electron chi connectivity index (χ4n) is 3.54. The van der Waals surface area contributed by atoms with Crippen LogP contribution in [0.15, 0.2) is 23.2 Å². The topological polar surface area (TPSA) is 54.9 Å². The summed E-state index contributed by atoms with van der Waals surface area (Å²) in [4.78, 5) is 4.35. The lowest BCUT2D eigenvalue weighted by Crippen LogP contribution is -2.42. The number of guanidine groups is 1. The second-order valence-electron chi connectivity index (χ2n) is 6.49. The van der Waals surface area contributed by atoms with Gasteiger partial charge in [-0.15, -0.1) is 0 Å². The van der Waals surface area contributed by atoms with E-state index < -0.39 is 0 Å². The van der Waals surface area contributed by atoms with Gasteiger partial charge in [0.2, 0.25) is 0 Å². The summed E-state index contributed by atoms with van der Waals surface area (Å²) in [6.07, 6.45) is 6.56. The minimum Gasteiger partial charge on any atom is -0.493 e. The van der Waals surface area contributed by atoms with Gasteiger partial charge in [0.1, 0.15) is 0 Å². The maximum atomic E-state index is 5.48. The Bertz CT molecular complexity index is 552. The third-order valence-electron chi connectivity index (χ3n) is 5.20. The molecule has 0 amide bonds. The van der Waals surface area contributed by atoms with Gasteiger partial charge in [0.15, 0.2) is 17.5 Å². The summed E-state index contributed by atoms with van der Waals surface area (Å²) in [5.41, 5.74) is 1.48. The van der Waals surface area contributed by atoms with Crippen molar-refractivity contribution in [2.75, 3.05) is 27.8 Å². The van der Waals surface area contributed by atoms with Crippen LogP contribution >= 0.6 is 0 Å². The molecule has 0 aromatic heterocycles. The Hall–Kier alpha value is -1.91. The van der Waals surface area contributed by atoms with Crippen molar-refractivity contribution in [2.24, 2.45) is 10.4 Å². The van der Waals surface area contributed by atoms with E-state index in [1.165, 1.54) is 32.1 Å². The summed E-state index contributed by atoms with van der Waals surface area (Å²) in [5.74, 6) is 2.35. The van der Waals surface area contributed by atoms with Crippen molar-refractivity contribution in [2.45, 2.75) is 45.6 Å². The molecule has 0 atom stereocenters. The number of ether oxygens (including phenoxy) is 2. The van der Waals surface area contributed by atoms with Crippen LogP contribution in [0, 0.1) is 5.41 Å². The van der Waals surface area contributed by atoms with Gasteiger partial charge in [-0.1, -0.05) is 31.9 Å². The molecule has 1 aromatic rings. The number of methoxy groups -OCH3 is 2. The average molecular weight is 333 g/mol. The second kappa shape index (κ2) is 8.81. The second-order valence-corrected chi connectivity index (χ2v) is 6.49.